The number of rotatable bonds is 2. The van der Waals surface area contributed by atoms with E-state index in [9.17, 15) is 17.6 Å². The Balaban J connectivity index is 2.33. The van der Waals surface area contributed by atoms with Crippen LogP contribution in [0, 0.1) is 12.7 Å². The van der Waals surface area contributed by atoms with E-state index in [1.165, 1.54) is 12.1 Å². The molecule has 0 atom stereocenters. The Morgan fingerprint density at radius 1 is 1.04 bits per heavy atom. The highest BCUT2D eigenvalue weighted by atomic mass is 35.5. The third-order valence-corrected chi connectivity index (χ3v) is 4.00. The third-order valence-electron chi connectivity index (χ3n) is 3.68. The number of halogens is 5. The highest BCUT2D eigenvalue weighted by Gasteiger charge is 2.40. The summed E-state index contributed by atoms with van der Waals surface area (Å²) in [4.78, 5) is 0. The topological polar surface area (TPSA) is 43.8 Å². The van der Waals surface area contributed by atoms with Crippen molar-refractivity contribution in [1.82, 2.24) is 9.78 Å². The van der Waals surface area contributed by atoms with Crippen molar-refractivity contribution < 1.29 is 17.6 Å². The number of nitrogens with two attached hydrogens (primary N) is 1. The fraction of sp³-hybridized carbons (Fsp3) is 0.118. The normalized spacial score (nSPS) is 11.8. The Morgan fingerprint density at radius 3 is 2.24 bits per heavy atom. The summed E-state index contributed by atoms with van der Waals surface area (Å²) < 4.78 is 55.6. The molecule has 0 fully saturated rings. The van der Waals surface area contributed by atoms with Crippen LogP contribution in [0.15, 0.2) is 42.5 Å². The van der Waals surface area contributed by atoms with Gasteiger partial charge in [-0.25, -0.2) is 9.07 Å². The predicted octanol–water partition coefficient (Wildman–Crippen LogP) is 5.24. The van der Waals surface area contributed by atoms with Gasteiger partial charge in [0.15, 0.2) is 5.69 Å². The molecule has 0 unspecified atom stereocenters. The number of benzene rings is 2. The highest BCUT2D eigenvalue weighted by Crippen LogP contribution is 2.43. The Hall–Kier alpha value is -2.54. The molecular weight excluding hydrogens is 358 g/mol. The molecule has 0 aliphatic rings. The molecule has 3 rings (SSSR count). The lowest BCUT2D eigenvalue weighted by Crippen LogP contribution is -2.09. The molecule has 0 radical (unpaired) electrons. The van der Waals surface area contributed by atoms with Crippen LogP contribution in [0.4, 0.5) is 23.4 Å². The van der Waals surface area contributed by atoms with Crippen LogP contribution in [0.2, 0.25) is 5.02 Å². The van der Waals surface area contributed by atoms with Gasteiger partial charge in [-0.15, -0.1) is 0 Å². The maximum Gasteiger partial charge on any atom is 0.435 e. The largest absolute Gasteiger partial charge is 0.435 e. The Bertz CT molecular complexity index is 910. The minimum atomic E-state index is -4.83. The maximum atomic E-state index is 14.2. The van der Waals surface area contributed by atoms with Crippen LogP contribution in [0.1, 0.15) is 11.3 Å². The van der Waals surface area contributed by atoms with Crippen molar-refractivity contribution in [2.75, 3.05) is 5.73 Å². The molecule has 0 bridgehead atoms. The number of nitrogen functional groups attached to an aromatic ring is 1. The Kier molecular flexibility index (Phi) is 4.20. The Morgan fingerprint density at radius 2 is 1.68 bits per heavy atom. The van der Waals surface area contributed by atoms with E-state index in [-0.39, 0.29) is 10.8 Å². The van der Waals surface area contributed by atoms with Crippen molar-refractivity contribution >= 4 is 17.4 Å². The molecule has 0 aliphatic carbocycles. The van der Waals surface area contributed by atoms with Gasteiger partial charge in [0, 0.05) is 5.56 Å². The number of aromatic nitrogens is 2. The van der Waals surface area contributed by atoms with Gasteiger partial charge in [-0.3, -0.25) is 0 Å². The second-order valence-corrected chi connectivity index (χ2v) is 5.86. The van der Waals surface area contributed by atoms with Crippen LogP contribution in [0.5, 0.6) is 0 Å². The third kappa shape index (κ3) is 3.07. The number of nitrogens with zero attached hydrogens (tertiary/aromatic N) is 2. The molecule has 3 nitrogen and oxygen atoms in total. The van der Waals surface area contributed by atoms with Gasteiger partial charge < -0.3 is 5.73 Å². The van der Waals surface area contributed by atoms with Gasteiger partial charge in [-0.05, 0) is 31.2 Å². The van der Waals surface area contributed by atoms with Crippen LogP contribution in [-0.4, -0.2) is 9.78 Å². The lowest BCUT2D eigenvalue weighted by Gasteiger charge is -2.09. The molecule has 2 aromatic carbocycles. The first kappa shape index (κ1) is 17.3. The molecule has 130 valence electrons. The summed E-state index contributed by atoms with van der Waals surface area (Å²) in [5, 5.41) is 3.40. The lowest BCUT2D eigenvalue weighted by molar-refractivity contribution is -0.140. The summed E-state index contributed by atoms with van der Waals surface area (Å²) in [6.45, 7) is 1.84. The van der Waals surface area contributed by atoms with E-state index in [1.54, 1.807) is 24.3 Å². The number of hydrogen-bond donors (Lipinski definition) is 1. The van der Waals surface area contributed by atoms with Gasteiger partial charge in [-0.2, -0.15) is 18.3 Å². The SMILES string of the molecule is Cc1ccc(-n2nc(C(F)(F)F)c(-c3c(F)cccc3Cl)c2N)cc1. The summed E-state index contributed by atoms with van der Waals surface area (Å²) in [5.74, 6) is -1.25. The van der Waals surface area contributed by atoms with Crippen molar-refractivity contribution in [3.63, 3.8) is 0 Å². The molecule has 3 aromatic rings. The fourth-order valence-corrected chi connectivity index (χ4v) is 2.75. The van der Waals surface area contributed by atoms with Gasteiger partial charge in [0.05, 0.1) is 16.3 Å². The number of aryl methyl sites for hydroxylation is 1. The zero-order chi connectivity index (χ0) is 18.4. The summed E-state index contributed by atoms with van der Waals surface area (Å²) in [6.07, 6.45) is -4.83. The van der Waals surface area contributed by atoms with E-state index in [1.807, 2.05) is 6.92 Å². The minimum Gasteiger partial charge on any atom is -0.383 e. The van der Waals surface area contributed by atoms with Gasteiger partial charge in [-0.1, -0.05) is 35.4 Å². The van der Waals surface area contributed by atoms with Crippen LogP contribution >= 0.6 is 11.6 Å². The minimum absolute atomic E-state index is 0.180. The number of hydrogen-bond acceptors (Lipinski definition) is 2. The van der Waals surface area contributed by atoms with Crippen LogP contribution in [-0.2, 0) is 6.18 Å². The molecule has 0 aliphatic heterocycles. The van der Waals surface area contributed by atoms with Crippen molar-refractivity contribution in [2.24, 2.45) is 0 Å². The van der Waals surface area contributed by atoms with Crippen molar-refractivity contribution in [3.8, 4) is 16.8 Å². The van der Waals surface area contributed by atoms with Crippen molar-refractivity contribution in [1.29, 1.82) is 0 Å². The van der Waals surface area contributed by atoms with Crippen molar-refractivity contribution in [3.05, 3.63) is 64.6 Å². The molecule has 2 N–H and O–H groups in total. The van der Waals surface area contributed by atoms with Gasteiger partial charge in [0.1, 0.15) is 11.6 Å². The first-order valence-electron chi connectivity index (χ1n) is 7.17. The molecular formula is C17H12ClF4N3. The van der Waals surface area contributed by atoms with Gasteiger partial charge >= 0.3 is 6.18 Å². The molecule has 25 heavy (non-hydrogen) atoms. The van der Waals surface area contributed by atoms with E-state index >= 15 is 0 Å². The van der Waals surface area contributed by atoms with E-state index in [4.69, 9.17) is 17.3 Å². The van der Waals surface area contributed by atoms with Crippen LogP contribution in [0.3, 0.4) is 0 Å². The summed E-state index contributed by atoms with van der Waals surface area (Å²) >= 11 is 5.93. The average molecular weight is 370 g/mol. The zero-order valence-electron chi connectivity index (χ0n) is 12.9. The molecule has 8 heteroatoms. The monoisotopic (exact) mass is 369 g/mol. The molecule has 0 saturated heterocycles. The average Bonchev–Trinajstić information content (AvgIpc) is 2.86. The first-order valence-corrected chi connectivity index (χ1v) is 7.55. The van der Waals surface area contributed by atoms with E-state index < -0.39 is 28.8 Å². The summed E-state index contributed by atoms with van der Waals surface area (Å²) in [5.41, 5.74) is 4.87. The molecule has 1 heterocycles. The predicted molar refractivity (Wildman–Crippen MR) is 88.1 cm³/mol. The number of anilines is 1. The fourth-order valence-electron chi connectivity index (χ4n) is 2.50. The van der Waals surface area contributed by atoms with E-state index in [2.05, 4.69) is 5.10 Å². The number of alkyl halides is 3. The van der Waals surface area contributed by atoms with Gasteiger partial charge in [0.25, 0.3) is 0 Å². The first-order chi connectivity index (χ1) is 11.7. The summed E-state index contributed by atoms with van der Waals surface area (Å²) in [6, 6.07) is 10.2. The zero-order valence-corrected chi connectivity index (χ0v) is 13.7. The lowest BCUT2D eigenvalue weighted by atomic mass is 10.0. The van der Waals surface area contributed by atoms with Crippen molar-refractivity contribution in [2.45, 2.75) is 13.1 Å². The second-order valence-electron chi connectivity index (χ2n) is 5.45. The molecule has 1 aromatic heterocycles. The quantitative estimate of drug-likeness (QED) is 0.628. The Labute approximate surface area is 145 Å². The smallest absolute Gasteiger partial charge is 0.383 e. The van der Waals surface area contributed by atoms with Crippen LogP contribution in [0.25, 0.3) is 16.8 Å². The molecule has 0 amide bonds. The standard InChI is InChI=1S/C17H12ClF4N3/c1-9-5-7-10(8-6-9)25-16(23)14(15(24-25)17(20,21)22)13-11(18)3-2-4-12(13)19/h2-8H,23H2,1H3. The molecule has 0 spiro atoms. The maximum absolute atomic E-state index is 14.2. The van der Waals surface area contributed by atoms with Crippen LogP contribution < -0.4 is 5.73 Å². The molecule has 0 saturated carbocycles. The second kappa shape index (κ2) is 6.07. The van der Waals surface area contributed by atoms with Gasteiger partial charge in [0.2, 0.25) is 0 Å². The highest BCUT2D eigenvalue weighted by molar-refractivity contribution is 6.33. The van der Waals surface area contributed by atoms with E-state index in [0.29, 0.717) is 5.69 Å². The summed E-state index contributed by atoms with van der Waals surface area (Å²) in [7, 11) is 0. The van der Waals surface area contributed by atoms with E-state index in [0.717, 1.165) is 16.3 Å².